The Labute approximate surface area is 116 Å². The Kier molecular flexibility index (Phi) is 4.18. The average molecular weight is 298 g/mol. The number of rotatable bonds is 4. The Morgan fingerprint density at radius 2 is 2.05 bits per heavy atom. The van der Waals surface area contributed by atoms with Crippen molar-refractivity contribution >= 4 is 29.1 Å². The van der Waals surface area contributed by atoms with Crippen LogP contribution in [0.4, 0.5) is 0 Å². The molecule has 0 aliphatic heterocycles. The topological polar surface area (TPSA) is 95.7 Å². The molecule has 0 aliphatic carbocycles. The van der Waals surface area contributed by atoms with Crippen molar-refractivity contribution in [3.63, 3.8) is 0 Å². The van der Waals surface area contributed by atoms with E-state index in [-0.39, 0.29) is 16.6 Å². The number of hydrogen-bond acceptors (Lipinski definition) is 5. The highest BCUT2D eigenvalue weighted by atomic mass is 35.5. The molecule has 8 heteroatoms. The van der Waals surface area contributed by atoms with Crippen molar-refractivity contribution in [2.45, 2.75) is 5.03 Å². The number of benzene rings is 1. The largest absolute Gasteiger partial charge is 0.342 e. The Bertz CT molecular complexity index is 725. The van der Waals surface area contributed by atoms with Gasteiger partial charge in [-0.2, -0.15) is 5.10 Å². The number of aromatic amines is 2. The number of halogens is 1. The number of hydrogen-bond donors (Lipinski definition) is 2. The molecule has 0 spiro atoms. The van der Waals surface area contributed by atoms with E-state index in [9.17, 15) is 14.4 Å². The maximum atomic E-state index is 11.9. The van der Waals surface area contributed by atoms with Gasteiger partial charge >= 0.3 is 5.69 Å². The van der Waals surface area contributed by atoms with Gasteiger partial charge in [-0.1, -0.05) is 35.5 Å². The monoisotopic (exact) mass is 297 g/mol. The van der Waals surface area contributed by atoms with E-state index < -0.39 is 11.2 Å². The number of Topliss-reactive ketones (excluding diaryl/α,β-unsaturated/α-hetero) is 1. The molecule has 2 N–H and O–H groups in total. The van der Waals surface area contributed by atoms with E-state index in [2.05, 4.69) is 10.2 Å². The number of carbonyl (C=O) groups excluding carboxylic acids is 1. The highest BCUT2D eigenvalue weighted by Crippen LogP contribution is 2.18. The number of H-pyrrole nitrogens is 2. The number of aromatic nitrogens is 3. The minimum atomic E-state index is -0.688. The van der Waals surface area contributed by atoms with Crippen LogP contribution in [-0.2, 0) is 0 Å². The number of nitrogens with zero attached hydrogens (tertiary/aromatic N) is 1. The second-order valence-electron chi connectivity index (χ2n) is 3.50. The van der Waals surface area contributed by atoms with Crippen LogP contribution in [0.2, 0.25) is 5.02 Å². The third-order valence-electron chi connectivity index (χ3n) is 2.19. The van der Waals surface area contributed by atoms with Crippen LogP contribution in [0, 0.1) is 0 Å². The van der Waals surface area contributed by atoms with Crippen LogP contribution in [0.25, 0.3) is 0 Å². The standard InChI is InChI=1S/C11H8ClN3O3S/c12-7-4-2-1-3-6(7)8(16)5-19-10-9(17)13-11(18)15-14-10/h1-4H,5H2,(H2,13,15,17,18). The van der Waals surface area contributed by atoms with Crippen LogP contribution in [-0.4, -0.2) is 26.7 Å². The molecule has 6 nitrogen and oxygen atoms in total. The summed E-state index contributed by atoms with van der Waals surface area (Å²) in [5.74, 6) is -0.214. The number of thioether (sulfide) groups is 1. The van der Waals surface area contributed by atoms with E-state index in [1.54, 1.807) is 24.3 Å². The highest BCUT2D eigenvalue weighted by molar-refractivity contribution is 7.99. The van der Waals surface area contributed by atoms with Crippen LogP contribution in [0.15, 0.2) is 38.9 Å². The molecule has 1 aromatic carbocycles. The first-order chi connectivity index (χ1) is 9.08. The molecule has 0 saturated carbocycles. The van der Waals surface area contributed by atoms with Crippen molar-refractivity contribution in [3.05, 3.63) is 55.7 Å². The van der Waals surface area contributed by atoms with Crippen molar-refractivity contribution in [1.29, 1.82) is 0 Å². The highest BCUT2D eigenvalue weighted by Gasteiger charge is 2.12. The van der Waals surface area contributed by atoms with E-state index in [1.807, 2.05) is 4.98 Å². The first kappa shape index (κ1) is 13.6. The van der Waals surface area contributed by atoms with E-state index in [4.69, 9.17) is 11.6 Å². The third kappa shape index (κ3) is 3.33. The van der Waals surface area contributed by atoms with Gasteiger partial charge in [0.05, 0.1) is 10.8 Å². The van der Waals surface area contributed by atoms with E-state index in [0.29, 0.717) is 10.6 Å². The van der Waals surface area contributed by atoms with Crippen LogP contribution in [0.3, 0.4) is 0 Å². The fourth-order valence-corrected chi connectivity index (χ4v) is 2.29. The molecule has 0 amide bonds. The zero-order chi connectivity index (χ0) is 13.8. The van der Waals surface area contributed by atoms with Gasteiger partial charge < -0.3 is 0 Å². The Morgan fingerprint density at radius 1 is 1.32 bits per heavy atom. The summed E-state index contributed by atoms with van der Waals surface area (Å²) in [5, 5.41) is 6.04. The summed E-state index contributed by atoms with van der Waals surface area (Å²) in [4.78, 5) is 36.1. The fourth-order valence-electron chi connectivity index (χ4n) is 1.33. The minimum Gasteiger partial charge on any atom is -0.293 e. The molecule has 0 aliphatic rings. The lowest BCUT2D eigenvalue weighted by Gasteiger charge is -2.02. The minimum absolute atomic E-state index is 0.00581. The van der Waals surface area contributed by atoms with Gasteiger partial charge in [0.15, 0.2) is 10.8 Å². The summed E-state index contributed by atoms with van der Waals surface area (Å²) >= 11 is 6.83. The summed E-state index contributed by atoms with van der Waals surface area (Å²) in [6, 6.07) is 6.65. The third-order valence-corrected chi connectivity index (χ3v) is 3.48. The predicted octanol–water partition coefficient (Wildman–Crippen LogP) is 1.09. The molecule has 0 fully saturated rings. The molecule has 19 heavy (non-hydrogen) atoms. The number of nitrogens with one attached hydrogen (secondary N) is 2. The van der Waals surface area contributed by atoms with Crippen molar-refractivity contribution in [2.24, 2.45) is 0 Å². The van der Waals surface area contributed by atoms with Gasteiger partial charge in [0, 0.05) is 5.56 Å². The average Bonchev–Trinajstić information content (AvgIpc) is 2.38. The van der Waals surface area contributed by atoms with Gasteiger partial charge in [0.2, 0.25) is 0 Å². The fraction of sp³-hybridized carbons (Fsp3) is 0.0909. The SMILES string of the molecule is O=C(CSc1n[nH]c(=O)[nH]c1=O)c1ccccc1Cl. The lowest BCUT2D eigenvalue weighted by atomic mass is 10.1. The van der Waals surface area contributed by atoms with E-state index >= 15 is 0 Å². The molecule has 2 rings (SSSR count). The van der Waals surface area contributed by atoms with Crippen molar-refractivity contribution in [2.75, 3.05) is 5.75 Å². The Balaban J connectivity index is 2.11. The van der Waals surface area contributed by atoms with Gasteiger partial charge in [-0.05, 0) is 12.1 Å². The first-order valence-electron chi connectivity index (χ1n) is 5.17. The zero-order valence-corrected chi connectivity index (χ0v) is 11.0. The van der Waals surface area contributed by atoms with Crippen molar-refractivity contribution < 1.29 is 4.79 Å². The van der Waals surface area contributed by atoms with Gasteiger partial charge in [-0.3, -0.25) is 14.6 Å². The molecule has 1 heterocycles. The van der Waals surface area contributed by atoms with Gasteiger partial charge in [-0.15, -0.1) is 0 Å². The summed E-state index contributed by atoms with van der Waals surface area (Å²) in [6.07, 6.45) is 0. The van der Waals surface area contributed by atoms with Gasteiger partial charge in [-0.25, -0.2) is 9.89 Å². The maximum Gasteiger partial charge on any atom is 0.342 e. The number of ketones is 1. The summed E-state index contributed by atoms with van der Waals surface area (Å²) < 4.78 is 0. The Morgan fingerprint density at radius 3 is 2.74 bits per heavy atom. The maximum absolute atomic E-state index is 11.9. The van der Waals surface area contributed by atoms with Crippen molar-refractivity contribution in [3.8, 4) is 0 Å². The molecular weight excluding hydrogens is 290 g/mol. The molecule has 0 saturated heterocycles. The number of carbonyl (C=O) groups is 1. The van der Waals surface area contributed by atoms with Crippen LogP contribution >= 0.6 is 23.4 Å². The zero-order valence-electron chi connectivity index (χ0n) is 9.47. The smallest absolute Gasteiger partial charge is 0.293 e. The summed E-state index contributed by atoms with van der Waals surface area (Å²) in [5.41, 5.74) is -0.926. The lowest BCUT2D eigenvalue weighted by molar-refractivity contribution is 0.102. The lowest BCUT2D eigenvalue weighted by Crippen LogP contribution is -2.25. The molecular formula is C11H8ClN3O3S. The van der Waals surface area contributed by atoms with Crippen LogP contribution in [0.1, 0.15) is 10.4 Å². The summed E-state index contributed by atoms with van der Waals surface area (Å²) in [7, 11) is 0. The van der Waals surface area contributed by atoms with Gasteiger partial charge in [0.25, 0.3) is 5.56 Å². The molecule has 98 valence electrons. The molecule has 0 atom stereocenters. The van der Waals surface area contributed by atoms with E-state index in [1.165, 1.54) is 0 Å². The quantitative estimate of drug-likeness (QED) is 0.650. The molecule has 0 bridgehead atoms. The molecule has 1 aromatic heterocycles. The van der Waals surface area contributed by atoms with Crippen LogP contribution in [0.5, 0.6) is 0 Å². The first-order valence-corrected chi connectivity index (χ1v) is 6.54. The molecule has 0 unspecified atom stereocenters. The van der Waals surface area contributed by atoms with E-state index in [0.717, 1.165) is 11.8 Å². The Hall–Kier alpha value is -1.86. The molecule has 2 aromatic rings. The molecule has 0 radical (unpaired) electrons. The van der Waals surface area contributed by atoms with Gasteiger partial charge in [0.1, 0.15) is 0 Å². The second kappa shape index (κ2) is 5.85. The van der Waals surface area contributed by atoms with Crippen molar-refractivity contribution in [1.82, 2.24) is 15.2 Å². The predicted molar refractivity (Wildman–Crippen MR) is 72.0 cm³/mol. The normalized spacial score (nSPS) is 10.4. The van der Waals surface area contributed by atoms with Crippen LogP contribution < -0.4 is 11.2 Å². The second-order valence-corrected chi connectivity index (χ2v) is 4.87. The summed E-state index contributed by atoms with van der Waals surface area (Å²) in [6.45, 7) is 0.